The molecule has 0 spiro atoms. The average Bonchev–Trinajstić information content (AvgIpc) is 2.70. The fraction of sp³-hybridized carbons (Fsp3) is 0.130. The van der Waals surface area contributed by atoms with Crippen molar-refractivity contribution in [2.45, 2.75) is 13.3 Å². The highest BCUT2D eigenvalue weighted by atomic mass is 79.9. The second-order valence-electron chi connectivity index (χ2n) is 6.34. The van der Waals surface area contributed by atoms with Gasteiger partial charge in [0.05, 0.1) is 13.0 Å². The minimum absolute atomic E-state index is 0.116. The summed E-state index contributed by atoms with van der Waals surface area (Å²) in [7, 11) is 0. The van der Waals surface area contributed by atoms with Gasteiger partial charge < -0.3 is 15.4 Å². The molecule has 2 amide bonds. The van der Waals surface area contributed by atoms with E-state index in [1.807, 2.05) is 43.3 Å². The number of anilines is 2. The van der Waals surface area contributed by atoms with E-state index in [0.717, 1.165) is 15.8 Å². The van der Waals surface area contributed by atoms with E-state index in [9.17, 15) is 9.59 Å². The van der Waals surface area contributed by atoms with Crippen LogP contribution in [0.3, 0.4) is 0 Å². The summed E-state index contributed by atoms with van der Waals surface area (Å²) >= 11 is 3.40. The van der Waals surface area contributed by atoms with Gasteiger partial charge in [-0.25, -0.2) is 0 Å². The van der Waals surface area contributed by atoms with Gasteiger partial charge in [0.15, 0.2) is 0 Å². The first kappa shape index (κ1) is 20.6. The Morgan fingerprint density at radius 2 is 1.55 bits per heavy atom. The molecule has 0 saturated heterocycles. The zero-order chi connectivity index (χ0) is 20.6. The highest BCUT2D eigenvalue weighted by Gasteiger charge is 2.08. The van der Waals surface area contributed by atoms with Gasteiger partial charge in [-0.05, 0) is 73.2 Å². The first-order valence-corrected chi connectivity index (χ1v) is 10.0. The number of hydrogen-bond acceptors (Lipinski definition) is 3. The number of benzene rings is 3. The lowest BCUT2D eigenvalue weighted by atomic mass is 10.1. The summed E-state index contributed by atoms with van der Waals surface area (Å²) in [5.74, 6) is 0.421. The summed E-state index contributed by atoms with van der Waals surface area (Å²) in [6.45, 7) is 2.51. The molecule has 0 aliphatic rings. The molecule has 0 unspecified atom stereocenters. The van der Waals surface area contributed by atoms with Crippen molar-refractivity contribution in [1.82, 2.24) is 0 Å². The van der Waals surface area contributed by atoms with Crippen molar-refractivity contribution in [1.29, 1.82) is 0 Å². The Hall–Kier alpha value is -3.12. The van der Waals surface area contributed by atoms with Crippen LogP contribution in [-0.2, 0) is 11.2 Å². The standard InChI is InChI=1S/C23H21BrN2O3/c1-2-29-21-12-10-20(11-13-21)26-23(28)17-6-8-19(9-7-17)25-22(27)15-16-4-3-5-18(24)14-16/h3-14H,2,15H2,1H3,(H,25,27)(H,26,28). The van der Waals surface area contributed by atoms with Crippen LogP contribution in [0.25, 0.3) is 0 Å². The molecule has 0 aliphatic heterocycles. The van der Waals surface area contributed by atoms with E-state index in [1.54, 1.807) is 36.4 Å². The normalized spacial score (nSPS) is 10.3. The lowest BCUT2D eigenvalue weighted by Gasteiger charge is -2.09. The van der Waals surface area contributed by atoms with E-state index in [-0.39, 0.29) is 18.2 Å². The molecule has 0 bridgehead atoms. The van der Waals surface area contributed by atoms with Crippen LogP contribution >= 0.6 is 15.9 Å². The van der Waals surface area contributed by atoms with Crippen LogP contribution in [0.4, 0.5) is 11.4 Å². The Morgan fingerprint density at radius 1 is 0.897 bits per heavy atom. The van der Waals surface area contributed by atoms with E-state index < -0.39 is 0 Å². The molecule has 2 N–H and O–H groups in total. The fourth-order valence-corrected chi connectivity index (χ4v) is 3.19. The molecule has 0 aromatic heterocycles. The average molecular weight is 453 g/mol. The molecule has 29 heavy (non-hydrogen) atoms. The van der Waals surface area contributed by atoms with Crippen molar-refractivity contribution in [3.63, 3.8) is 0 Å². The van der Waals surface area contributed by atoms with E-state index in [0.29, 0.717) is 23.5 Å². The third kappa shape index (κ3) is 6.19. The summed E-state index contributed by atoms with van der Waals surface area (Å²) in [5, 5.41) is 5.68. The summed E-state index contributed by atoms with van der Waals surface area (Å²) < 4.78 is 6.32. The van der Waals surface area contributed by atoms with Crippen LogP contribution in [-0.4, -0.2) is 18.4 Å². The first-order chi connectivity index (χ1) is 14.0. The number of ether oxygens (including phenoxy) is 1. The monoisotopic (exact) mass is 452 g/mol. The summed E-state index contributed by atoms with van der Waals surface area (Å²) in [6, 6.07) is 21.6. The van der Waals surface area contributed by atoms with E-state index in [2.05, 4.69) is 26.6 Å². The van der Waals surface area contributed by atoms with Gasteiger partial charge in [0.1, 0.15) is 5.75 Å². The molecule has 0 fully saturated rings. The largest absolute Gasteiger partial charge is 0.494 e. The van der Waals surface area contributed by atoms with E-state index >= 15 is 0 Å². The SMILES string of the molecule is CCOc1ccc(NC(=O)c2ccc(NC(=O)Cc3cccc(Br)c3)cc2)cc1. The maximum Gasteiger partial charge on any atom is 0.255 e. The number of halogens is 1. The van der Waals surface area contributed by atoms with Crippen molar-refractivity contribution < 1.29 is 14.3 Å². The van der Waals surface area contributed by atoms with Gasteiger partial charge in [-0.3, -0.25) is 9.59 Å². The number of hydrogen-bond donors (Lipinski definition) is 2. The third-order valence-corrected chi connectivity index (χ3v) is 4.60. The van der Waals surface area contributed by atoms with Gasteiger partial charge >= 0.3 is 0 Å². The minimum atomic E-state index is -0.221. The van der Waals surface area contributed by atoms with Crippen LogP contribution in [0.2, 0.25) is 0 Å². The number of carbonyl (C=O) groups is 2. The number of nitrogens with one attached hydrogen (secondary N) is 2. The second kappa shape index (κ2) is 9.89. The minimum Gasteiger partial charge on any atom is -0.494 e. The Labute approximate surface area is 178 Å². The van der Waals surface area contributed by atoms with Crippen LogP contribution in [0.1, 0.15) is 22.8 Å². The molecule has 3 rings (SSSR count). The van der Waals surface area contributed by atoms with Crippen LogP contribution < -0.4 is 15.4 Å². The van der Waals surface area contributed by atoms with Crippen molar-refractivity contribution in [3.8, 4) is 5.75 Å². The van der Waals surface area contributed by atoms with Crippen LogP contribution in [0.5, 0.6) is 5.75 Å². The highest BCUT2D eigenvalue weighted by Crippen LogP contribution is 2.18. The Balaban J connectivity index is 1.56. The lowest BCUT2D eigenvalue weighted by molar-refractivity contribution is -0.115. The smallest absolute Gasteiger partial charge is 0.255 e. The predicted molar refractivity (Wildman–Crippen MR) is 118 cm³/mol. The van der Waals surface area contributed by atoms with Crippen molar-refractivity contribution >= 4 is 39.1 Å². The van der Waals surface area contributed by atoms with Gasteiger partial charge in [0.25, 0.3) is 5.91 Å². The molecule has 3 aromatic rings. The predicted octanol–water partition coefficient (Wildman–Crippen LogP) is 5.28. The maximum absolute atomic E-state index is 12.4. The Bertz CT molecular complexity index is 986. The molecule has 0 radical (unpaired) electrons. The van der Waals surface area contributed by atoms with Crippen LogP contribution in [0, 0.1) is 0 Å². The highest BCUT2D eigenvalue weighted by molar-refractivity contribution is 9.10. The van der Waals surface area contributed by atoms with Gasteiger partial charge in [0.2, 0.25) is 5.91 Å². The molecular weight excluding hydrogens is 432 g/mol. The molecule has 6 heteroatoms. The molecule has 148 valence electrons. The van der Waals surface area contributed by atoms with Crippen LogP contribution in [0.15, 0.2) is 77.3 Å². The van der Waals surface area contributed by atoms with E-state index in [1.165, 1.54) is 0 Å². The summed E-state index contributed by atoms with van der Waals surface area (Å²) in [4.78, 5) is 24.6. The van der Waals surface area contributed by atoms with Gasteiger partial charge in [-0.15, -0.1) is 0 Å². The second-order valence-corrected chi connectivity index (χ2v) is 7.26. The van der Waals surface area contributed by atoms with Crippen molar-refractivity contribution in [3.05, 3.63) is 88.4 Å². The quantitative estimate of drug-likeness (QED) is 0.512. The molecule has 5 nitrogen and oxygen atoms in total. The fourth-order valence-electron chi connectivity index (χ4n) is 2.75. The van der Waals surface area contributed by atoms with Gasteiger partial charge in [-0.1, -0.05) is 28.1 Å². The molecule has 0 aliphatic carbocycles. The Kier molecular flexibility index (Phi) is 7.03. The zero-order valence-electron chi connectivity index (χ0n) is 15.9. The Morgan fingerprint density at radius 3 is 2.21 bits per heavy atom. The molecule has 3 aromatic carbocycles. The maximum atomic E-state index is 12.4. The van der Waals surface area contributed by atoms with Gasteiger partial charge in [0, 0.05) is 21.4 Å². The number of amides is 2. The first-order valence-electron chi connectivity index (χ1n) is 9.22. The van der Waals surface area contributed by atoms with E-state index in [4.69, 9.17) is 4.74 Å². The summed E-state index contributed by atoms with van der Waals surface area (Å²) in [5.41, 5.74) is 2.75. The van der Waals surface area contributed by atoms with Gasteiger partial charge in [-0.2, -0.15) is 0 Å². The number of carbonyl (C=O) groups excluding carboxylic acids is 2. The molecule has 0 saturated carbocycles. The van der Waals surface area contributed by atoms with Crippen molar-refractivity contribution in [2.75, 3.05) is 17.2 Å². The molecule has 0 heterocycles. The molecule has 0 atom stereocenters. The number of rotatable bonds is 7. The topological polar surface area (TPSA) is 67.4 Å². The van der Waals surface area contributed by atoms with Crippen molar-refractivity contribution in [2.24, 2.45) is 0 Å². The summed E-state index contributed by atoms with van der Waals surface area (Å²) in [6.07, 6.45) is 0.277. The zero-order valence-corrected chi connectivity index (χ0v) is 17.5. The molecular formula is C23H21BrN2O3. The lowest BCUT2D eigenvalue weighted by Crippen LogP contribution is -2.15. The third-order valence-electron chi connectivity index (χ3n) is 4.11.